The summed E-state index contributed by atoms with van der Waals surface area (Å²) in [5, 5.41) is 17.8. The number of nitrogens with zero attached hydrogens (tertiary/aromatic N) is 3. The number of thioether (sulfide) groups is 1. The summed E-state index contributed by atoms with van der Waals surface area (Å²) in [4.78, 5) is 27.3. The molecule has 6 rings (SSSR count). The van der Waals surface area contributed by atoms with E-state index in [9.17, 15) is 14.9 Å². The molecule has 1 unspecified atom stereocenters. The summed E-state index contributed by atoms with van der Waals surface area (Å²) < 4.78 is 0. The van der Waals surface area contributed by atoms with Crippen molar-refractivity contribution in [3.8, 4) is 11.1 Å². The van der Waals surface area contributed by atoms with E-state index in [4.69, 9.17) is 17.3 Å². The first-order valence-electron chi connectivity index (χ1n) is 11.6. The normalized spacial score (nSPS) is 17.9. The van der Waals surface area contributed by atoms with Gasteiger partial charge in [-0.3, -0.25) is 14.9 Å². The molecule has 1 amide bonds. The molecule has 1 fully saturated rings. The number of fused-ring (bicyclic) bond motifs is 4. The SMILES string of the molecule is NC1=C(C(=O)NN=C2c3ccccc3-c3ccccc32)C(c2ccc(Cl)cc2)C([N+](=O)[O-])=C2SCCN12. The number of nitro groups is 1. The third kappa shape index (κ3) is 3.78. The smallest absolute Gasteiger partial charge is 0.288 e. The van der Waals surface area contributed by atoms with E-state index in [1.807, 2.05) is 48.5 Å². The summed E-state index contributed by atoms with van der Waals surface area (Å²) in [5.74, 6) is -0.754. The van der Waals surface area contributed by atoms with Crippen molar-refractivity contribution in [2.45, 2.75) is 5.92 Å². The number of allylic oxidation sites excluding steroid dienone is 1. The fraction of sp³-hybridized carbons (Fsp3) is 0.111. The van der Waals surface area contributed by atoms with Gasteiger partial charge in [0, 0.05) is 28.4 Å². The van der Waals surface area contributed by atoms with Crippen molar-refractivity contribution in [2.24, 2.45) is 10.8 Å². The van der Waals surface area contributed by atoms with Crippen LogP contribution in [-0.2, 0) is 4.79 Å². The molecular weight excluding hydrogens is 510 g/mol. The van der Waals surface area contributed by atoms with Crippen molar-refractivity contribution in [3.05, 3.63) is 127 Å². The molecule has 3 aromatic carbocycles. The van der Waals surface area contributed by atoms with Crippen LogP contribution in [0.1, 0.15) is 22.6 Å². The Bertz CT molecular complexity index is 1520. The van der Waals surface area contributed by atoms with E-state index in [2.05, 4.69) is 10.5 Å². The third-order valence-electron chi connectivity index (χ3n) is 6.72. The van der Waals surface area contributed by atoms with E-state index >= 15 is 0 Å². The van der Waals surface area contributed by atoms with Crippen molar-refractivity contribution in [1.82, 2.24) is 10.3 Å². The van der Waals surface area contributed by atoms with Gasteiger partial charge in [0.25, 0.3) is 11.6 Å². The molecule has 0 spiro atoms. The maximum absolute atomic E-state index is 13.7. The second-order valence-electron chi connectivity index (χ2n) is 8.72. The molecule has 1 aliphatic carbocycles. The van der Waals surface area contributed by atoms with Crippen LogP contribution in [0.5, 0.6) is 0 Å². The van der Waals surface area contributed by atoms with Gasteiger partial charge in [0.05, 0.1) is 16.2 Å². The third-order valence-corrected chi connectivity index (χ3v) is 8.06. The number of rotatable bonds is 4. The van der Waals surface area contributed by atoms with E-state index in [0.717, 1.165) is 22.3 Å². The first-order chi connectivity index (χ1) is 18.0. The van der Waals surface area contributed by atoms with Gasteiger partial charge in [0.15, 0.2) is 5.03 Å². The first-order valence-corrected chi connectivity index (χ1v) is 12.9. The Hall–Kier alpha value is -4.08. The zero-order valence-electron chi connectivity index (χ0n) is 19.3. The minimum atomic E-state index is -0.979. The van der Waals surface area contributed by atoms with E-state index < -0.39 is 16.7 Å². The van der Waals surface area contributed by atoms with E-state index in [1.165, 1.54) is 11.8 Å². The lowest BCUT2D eigenvalue weighted by atomic mass is 9.85. The van der Waals surface area contributed by atoms with Crippen LogP contribution < -0.4 is 11.2 Å². The summed E-state index contributed by atoms with van der Waals surface area (Å²) >= 11 is 7.44. The van der Waals surface area contributed by atoms with Crippen molar-refractivity contribution < 1.29 is 9.72 Å². The van der Waals surface area contributed by atoms with Crippen LogP contribution in [0.3, 0.4) is 0 Å². The standard InChI is InChI=1S/C27H20ClN5O3S/c28-16-11-9-15(10-12-16)21-22(25(29)32-13-14-37-27(32)24(21)33(35)36)26(34)31-30-23-19-7-3-1-5-17(19)18-6-2-4-8-20(18)23/h1-12,21H,13-14,29H2,(H,31,34). The van der Waals surface area contributed by atoms with Gasteiger partial charge in [0.1, 0.15) is 11.7 Å². The molecule has 0 saturated carbocycles. The summed E-state index contributed by atoms with van der Waals surface area (Å²) in [6, 6.07) is 22.3. The van der Waals surface area contributed by atoms with Crippen molar-refractivity contribution in [3.63, 3.8) is 0 Å². The lowest BCUT2D eigenvalue weighted by Gasteiger charge is -2.31. The molecule has 0 bridgehead atoms. The highest BCUT2D eigenvalue weighted by atomic mass is 35.5. The molecule has 184 valence electrons. The number of hydrogen-bond donors (Lipinski definition) is 2. The summed E-state index contributed by atoms with van der Waals surface area (Å²) in [7, 11) is 0. The van der Waals surface area contributed by atoms with Gasteiger partial charge in [-0.05, 0) is 28.8 Å². The Labute approximate surface area is 221 Å². The zero-order chi connectivity index (χ0) is 25.7. The van der Waals surface area contributed by atoms with Crippen molar-refractivity contribution in [1.29, 1.82) is 0 Å². The Morgan fingerprint density at radius 3 is 2.22 bits per heavy atom. The first kappa shape index (κ1) is 23.3. The number of carbonyl (C=O) groups excluding carboxylic acids is 1. The average molecular weight is 530 g/mol. The predicted octanol–water partition coefficient (Wildman–Crippen LogP) is 4.65. The lowest BCUT2D eigenvalue weighted by molar-refractivity contribution is -0.430. The largest absolute Gasteiger partial charge is 0.385 e. The maximum Gasteiger partial charge on any atom is 0.288 e. The van der Waals surface area contributed by atoms with Gasteiger partial charge in [-0.25, -0.2) is 5.43 Å². The molecule has 3 aromatic rings. The van der Waals surface area contributed by atoms with Crippen LogP contribution in [-0.4, -0.2) is 33.7 Å². The molecular formula is C27H20ClN5O3S. The number of carbonyl (C=O) groups is 1. The Morgan fingerprint density at radius 2 is 1.62 bits per heavy atom. The van der Waals surface area contributed by atoms with E-state index in [-0.39, 0.29) is 17.1 Å². The highest BCUT2D eigenvalue weighted by molar-refractivity contribution is 8.03. The molecule has 10 heteroatoms. The summed E-state index contributed by atoms with van der Waals surface area (Å²) in [5.41, 5.74) is 14.2. The Morgan fingerprint density at radius 1 is 1.03 bits per heavy atom. The second kappa shape index (κ2) is 9.10. The Balaban J connectivity index is 1.44. The molecule has 1 saturated heterocycles. The van der Waals surface area contributed by atoms with Crippen LogP contribution in [0, 0.1) is 10.1 Å². The molecule has 3 aliphatic rings. The molecule has 37 heavy (non-hydrogen) atoms. The number of hydrogen-bond acceptors (Lipinski definition) is 7. The summed E-state index contributed by atoms with van der Waals surface area (Å²) in [6.45, 7) is 0.475. The van der Waals surface area contributed by atoms with Gasteiger partial charge < -0.3 is 10.6 Å². The van der Waals surface area contributed by atoms with E-state index in [1.54, 1.807) is 29.2 Å². The number of halogens is 1. The summed E-state index contributed by atoms with van der Waals surface area (Å²) in [6.07, 6.45) is 0. The van der Waals surface area contributed by atoms with Gasteiger partial charge in [-0.2, -0.15) is 5.10 Å². The number of nitrogens with two attached hydrogens (primary N) is 1. The highest BCUT2D eigenvalue weighted by Crippen LogP contribution is 2.47. The van der Waals surface area contributed by atoms with Crippen LogP contribution >= 0.6 is 23.4 Å². The topological polar surface area (TPSA) is 114 Å². The van der Waals surface area contributed by atoms with Crippen molar-refractivity contribution in [2.75, 3.05) is 12.3 Å². The monoisotopic (exact) mass is 529 g/mol. The molecule has 1 atom stereocenters. The second-order valence-corrected chi connectivity index (χ2v) is 10.2. The van der Waals surface area contributed by atoms with Crippen LogP contribution in [0.15, 0.2) is 100 Å². The van der Waals surface area contributed by atoms with Gasteiger partial charge >= 0.3 is 0 Å². The molecule has 2 aliphatic heterocycles. The Kier molecular flexibility index (Phi) is 5.73. The van der Waals surface area contributed by atoms with Crippen LogP contribution in [0.25, 0.3) is 11.1 Å². The molecule has 3 N–H and O–H groups in total. The predicted molar refractivity (Wildman–Crippen MR) is 144 cm³/mol. The number of nitrogens with one attached hydrogen (secondary N) is 1. The minimum Gasteiger partial charge on any atom is -0.385 e. The number of hydrazone groups is 1. The fourth-order valence-electron chi connectivity index (χ4n) is 5.10. The van der Waals surface area contributed by atoms with Crippen molar-refractivity contribution >= 4 is 35.0 Å². The van der Waals surface area contributed by atoms with Crippen LogP contribution in [0.2, 0.25) is 5.02 Å². The van der Waals surface area contributed by atoms with Crippen LogP contribution in [0.4, 0.5) is 0 Å². The number of benzene rings is 3. The molecule has 8 nitrogen and oxygen atoms in total. The minimum absolute atomic E-state index is 0.0756. The molecule has 0 radical (unpaired) electrons. The lowest BCUT2D eigenvalue weighted by Crippen LogP contribution is -2.39. The highest BCUT2D eigenvalue weighted by Gasteiger charge is 2.46. The molecule has 0 aromatic heterocycles. The molecule has 2 heterocycles. The zero-order valence-corrected chi connectivity index (χ0v) is 20.9. The van der Waals surface area contributed by atoms with Gasteiger partial charge in [-0.15, -0.1) is 0 Å². The average Bonchev–Trinajstić information content (AvgIpc) is 3.51. The quantitative estimate of drug-likeness (QED) is 0.294. The van der Waals surface area contributed by atoms with Gasteiger partial charge in [0.2, 0.25) is 0 Å². The number of amides is 1. The fourth-order valence-corrected chi connectivity index (χ4v) is 6.38. The maximum atomic E-state index is 13.7. The van der Waals surface area contributed by atoms with Gasteiger partial charge in [-0.1, -0.05) is 84.0 Å². The van der Waals surface area contributed by atoms with E-state index in [0.29, 0.717) is 33.6 Å².